The minimum Gasteiger partial charge on any atom is -0.468 e. The number of aryl methyl sites for hydroxylation is 3. The third kappa shape index (κ3) is 5.54. The molecule has 0 saturated heterocycles. The van der Waals surface area contributed by atoms with E-state index >= 15 is 0 Å². The molecule has 1 aliphatic rings. The van der Waals surface area contributed by atoms with Gasteiger partial charge in [0.1, 0.15) is 11.9 Å². The minimum absolute atomic E-state index is 0.168. The normalized spacial score (nSPS) is 13.7. The third-order valence-electron chi connectivity index (χ3n) is 5.14. The number of likely N-dealkylation sites (N-methyl/N-ethyl adjacent to an activating group) is 1. The predicted octanol–water partition coefficient (Wildman–Crippen LogP) is 1.72. The molecule has 1 aromatic heterocycles. The SMILES string of the molecule is CNC(CNC(=O)c1ccc(CCc2ccc3c(n2)NCCC3)cc1)C(=O)OC. The van der Waals surface area contributed by atoms with Crippen molar-refractivity contribution in [1.82, 2.24) is 15.6 Å². The van der Waals surface area contributed by atoms with Gasteiger partial charge in [0.15, 0.2) is 0 Å². The highest BCUT2D eigenvalue weighted by Crippen LogP contribution is 2.20. The number of hydrogen-bond acceptors (Lipinski definition) is 6. The van der Waals surface area contributed by atoms with Crippen molar-refractivity contribution in [2.75, 3.05) is 32.6 Å². The van der Waals surface area contributed by atoms with Gasteiger partial charge in [-0.2, -0.15) is 0 Å². The van der Waals surface area contributed by atoms with Gasteiger partial charge in [0.05, 0.1) is 7.11 Å². The number of benzene rings is 1. The second kappa shape index (κ2) is 10.0. The van der Waals surface area contributed by atoms with Gasteiger partial charge in [0.2, 0.25) is 0 Å². The lowest BCUT2D eigenvalue weighted by Gasteiger charge is -2.17. The van der Waals surface area contributed by atoms with Crippen LogP contribution in [0.3, 0.4) is 0 Å². The van der Waals surface area contributed by atoms with Crippen LogP contribution in [0.25, 0.3) is 0 Å². The van der Waals surface area contributed by atoms with E-state index in [9.17, 15) is 9.59 Å². The topological polar surface area (TPSA) is 92.4 Å². The first-order valence-corrected chi connectivity index (χ1v) is 9.95. The molecular weight excluding hydrogens is 368 g/mol. The van der Waals surface area contributed by atoms with Gasteiger partial charge in [-0.1, -0.05) is 18.2 Å². The van der Waals surface area contributed by atoms with E-state index in [4.69, 9.17) is 4.98 Å². The van der Waals surface area contributed by atoms with Gasteiger partial charge in [-0.15, -0.1) is 0 Å². The number of esters is 1. The average Bonchev–Trinajstić information content (AvgIpc) is 2.77. The highest BCUT2D eigenvalue weighted by molar-refractivity contribution is 5.94. The van der Waals surface area contributed by atoms with Crippen LogP contribution in [0.15, 0.2) is 36.4 Å². The van der Waals surface area contributed by atoms with Crippen molar-refractivity contribution < 1.29 is 14.3 Å². The fraction of sp³-hybridized carbons (Fsp3) is 0.409. The summed E-state index contributed by atoms with van der Waals surface area (Å²) in [7, 11) is 2.97. The largest absolute Gasteiger partial charge is 0.468 e. The highest BCUT2D eigenvalue weighted by atomic mass is 16.5. The van der Waals surface area contributed by atoms with E-state index in [2.05, 4.69) is 32.8 Å². The van der Waals surface area contributed by atoms with Crippen molar-refractivity contribution in [3.63, 3.8) is 0 Å². The Morgan fingerprint density at radius 3 is 2.69 bits per heavy atom. The van der Waals surface area contributed by atoms with E-state index in [0.29, 0.717) is 5.56 Å². The molecule has 1 aromatic carbocycles. The van der Waals surface area contributed by atoms with Crippen LogP contribution in [0.1, 0.15) is 33.6 Å². The number of carbonyl (C=O) groups excluding carboxylic acids is 2. The molecule has 7 heteroatoms. The van der Waals surface area contributed by atoms with Crippen LogP contribution in [0.5, 0.6) is 0 Å². The van der Waals surface area contributed by atoms with Crippen LogP contribution in [-0.2, 0) is 28.8 Å². The van der Waals surface area contributed by atoms with Crippen molar-refractivity contribution in [3.8, 4) is 0 Å². The quantitative estimate of drug-likeness (QED) is 0.589. The van der Waals surface area contributed by atoms with Gasteiger partial charge in [0, 0.05) is 24.3 Å². The van der Waals surface area contributed by atoms with Crippen molar-refractivity contribution in [1.29, 1.82) is 0 Å². The van der Waals surface area contributed by atoms with E-state index in [0.717, 1.165) is 49.3 Å². The van der Waals surface area contributed by atoms with Crippen LogP contribution in [0, 0.1) is 0 Å². The summed E-state index contributed by atoms with van der Waals surface area (Å²) in [5.41, 5.74) is 4.07. The summed E-state index contributed by atoms with van der Waals surface area (Å²) in [6.07, 6.45) is 3.96. The Kier molecular flexibility index (Phi) is 7.19. The molecule has 0 radical (unpaired) electrons. The number of carbonyl (C=O) groups is 2. The van der Waals surface area contributed by atoms with Crippen LogP contribution in [0.2, 0.25) is 0 Å². The zero-order valence-corrected chi connectivity index (χ0v) is 17.0. The number of nitrogens with one attached hydrogen (secondary N) is 3. The molecule has 2 aromatic rings. The average molecular weight is 396 g/mol. The summed E-state index contributed by atoms with van der Waals surface area (Å²) >= 11 is 0. The number of hydrogen-bond donors (Lipinski definition) is 3. The summed E-state index contributed by atoms with van der Waals surface area (Å²) in [5.74, 6) is 0.393. The maximum atomic E-state index is 12.3. The molecule has 7 nitrogen and oxygen atoms in total. The zero-order valence-electron chi connectivity index (χ0n) is 17.0. The van der Waals surface area contributed by atoms with Gasteiger partial charge >= 0.3 is 5.97 Å². The molecule has 29 heavy (non-hydrogen) atoms. The van der Waals surface area contributed by atoms with Gasteiger partial charge in [-0.25, -0.2) is 4.98 Å². The van der Waals surface area contributed by atoms with Gasteiger partial charge in [0.25, 0.3) is 5.91 Å². The Labute approximate surface area is 171 Å². The Morgan fingerprint density at radius 1 is 1.17 bits per heavy atom. The van der Waals surface area contributed by atoms with E-state index in [1.807, 2.05) is 12.1 Å². The molecule has 0 aliphatic carbocycles. The lowest BCUT2D eigenvalue weighted by molar-refractivity contribution is -0.142. The summed E-state index contributed by atoms with van der Waals surface area (Å²) in [6.45, 7) is 1.16. The first kappa shape index (κ1) is 20.8. The lowest BCUT2D eigenvalue weighted by Crippen LogP contribution is -2.45. The third-order valence-corrected chi connectivity index (χ3v) is 5.14. The Hall–Kier alpha value is -2.93. The number of fused-ring (bicyclic) bond motifs is 1. The van der Waals surface area contributed by atoms with Crippen molar-refractivity contribution in [2.45, 2.75) is 31.7 Å². The predicted molar refractivity (Wildman–Crippen MR) is 112 cm³/mol. The number of amides is 1. The van der Waals surface area contributed by atoms with Crippen molar-refractivity contribution in [2.24, 2.45) is 0 Å². The number of pyridine rings is 1. The van der Waals surface area contributed by atoms with Crippen molar-refractivity contribution in [3.05, 3.63) is 58.8 Å². The summed E-state index contributed by atoms with van der Waals surface area (Å²) in [5, 5.41) is 8.94. The summed E-state index contributed by atoms with van der Waals surface area (Å²) < 4.78 is 4.69. The highest BCUT2D eigenvalue weighted by Gasteiger charge is 2.18. The molecule has 1 amide bonds. The zero-order chi connectivity index (χ0) is 20.6. The molecule has 0 saturated carbocycles. The molecule has 3 rings (SSSR count). The van der Waals surface area contributed by atoms with Gasteiger partial charge in [-0.05, 0) is 62.1 Å². The Morgan fingerprint density at radius 2 is 1.97 bits per heavy atom. The van der Waals surface area contributed by atoms with E-state index in [1.54, 1.807) is 19.2 Å². The fourth-order valence-electron chi connectivity index (χ4n) is 3.35. The number of rotatable bonds is 8. The lowest BCUT2D eigenvalue weighted by atomic mass is 10.0. The molecular formula is C22H28N4O3. The Bertz CT molecular complexity index is 852. The molecule has 3 N–H and O–H groups in total. The number of anilines is 1. The monoisotopic (exact) mass is 396 g/mol. The van der Waals surface area contributed by atoms with E-state index in [1.165, 1.54) is 12.7 Å². The molecule has 2 heterocycles. The second-order valence-electron chi connectivity index (χ2n) is 7.11. The fourth-order valence-corrected chi connectivity index (χ4v) is 3.35. The molecule has 0 bridgehead atoms. The number of ether oxygens (including phenoxy) is 1. The summed E-state index contributed by atoms with van der Waals surface area (Å²) in [4.78, 5) is 28.6. The Balaban J connectivity index is 1.52. The maximum absolute atomic E-state index is 12.3. The van der Waals surface area contributed by atoms with Gasteiger partial charge < -0.3 is 20.7 Å². The molecule has 154 valence electrons. The maximum Gasteiger partial charge on any atom is 0.324 e. The number of nitrogens with zero attached hydrogens (tertiary/aromatic N) is 1. The standard InChI is InChI=1S/C22H28N4O3/c1-23-19(22(28)29-2)14-25-21(27)17-8-5-15(6-9-17)7-11-18-12-10-16-4-3-13-24-20(16)26-18/h5-6,8-10,12,19,23H,3-4,7,11,13-14H2,1-2H3,(H,24,26)(H,25,27). The number of methoxy groups -OCH3 is 1. The van der Waals surface area contributed by atoms with Crippen molar-refractivity contribution >= 4 is 17.7 Å². The van der Waals surface area contributed by atoms with Crippen LogP contribution < -0.4 is 16.0 Å². The number of aromatic nitrogens is 1. The molecule has 0 fully saturated rings. The van der Waals surface area contributed by atoms with Crippen LogP contribution >= 0.6 is 0 Å². The first-order chi connectivity index (χ1) is 14.1. The molecule has 1 unspecified atom stereocenters. The van der Waals surface area contributed by atoms with Gasteiger partial charge in [-0.3, -0.25) is 9.59 Å². The van der Waals surface area contributed by atoms with E-state index in [-0.39, 0.29) is 12.5 Å². The second-order valence-corrected chi connectivity index (χ2v) is 7.11. The van der Waals surface area contributed by atoms with Crippen LogP contribution in [-0.4, -0.2) is 50.1 Å². The molecule has 0 spiro atoms. The van der Waals surface area contributed by atoms with Crippen LogP contribution in [0.4, 0.5) is 5.82 Å². The minimum atomic E-state index is -0.568. The molecule has 1 aliphatic heterocycles. The summed E-state index contributed by atoms with van der Waals surface area (Å²) in [6, 6.07) is 11.2. The molecule has 1 atom stereocenters. The first-order valence-electron chi connectivity index (χ1n) is 9.95. The smallest absolute Gasteiger partial charge is 0.324 e. The van der Waals surface area contributed by atoms with E-state index < -0.39 is 12.0 Å².